The first kappa shape index (κ1) is 40.1. The lowest BCUT2D eigenvalue weighted by atomic mass is 9.84. The zero-order valence-electron chi connectivity index (χ0n) is 30.4. The summed E-state index contributed by atoms with van der Waals surface area (Å²) in [6.07, 6.45) is 11.5. The molecule has 2 amide bonds. The third kappa shape index (κ3) is 14.1. The van der Waals surface area contributed by atoms with E-state index in [4.69, 9.17) is 9.47 Å². The summed E-state index contributed by atoms with van der Waals surface area (Å²) >= 11 is 0. The lowest BCUT2D eigenvalue weighted by Crippen LogP contribution is -2.45. The number of ether oxygens (including phenoxy) is 2. The third-order valence-electron chi connectivity index (χ3n) is 9.72. The van der Waals surface area contributed by atoms with Crippen LogP contribution in [-0.2, 0) is 38.6 Å². The largest absolute Gasteiger partial charge is 0.489 e. The fraction of sp³-hybridized carbons (Fsp3) is 0.432. The van der Waals surface area contributed by atoms with Gasteiger partial charge < -0.3 is 25.2 Å². The highest BCUT2D eigenvalue weighted by molar-refractivity contribution is 5.86. The van der Waals surface area contributed by atoms with Crippen LogP contribution in [0.1, 0.15) is 74.5 Å². The van der Waals surface area contributed by atoms with Crippen molar-refractivity contribution in [3.8, 4) is 5.75 Å². The Kier molecular flexibility index (Phi) is 17.2. The number of esters is 1. The number of aliphatic hydroxyl groups excluding tert-OH is 1. The van der Waals surface area contributed by atoms with Gasteiger partial charge in [-0.15, -0.1) is 13.2 Å². The summed E-state index contributed by atoms with van der Waals surface area (Å²) in [7, 11) is 0. The summed E-state index contributed by atoms with van der Waals surface area (Å²) in [5, 5.41) is 16.1. The smallest absolute Gasteiger partial charge is 0.309 e. The molecule has 0 aromatic heterocycles. The number of carbonyl (C=O) groups is 3. The summed E-state index contributed by atoms with van der Waals surface area (Å²) in [6.45, 7) is 7.95. The molecule has 0 aliphatic heterocycles. The molecule has 52 heavy (non-hydrogen) atoms. The standard InChI is InChI=1S/C44H56N2O6/c1-3-14-37(29-42(48)45-39(30-47)27-35-22-24-41(25-23-35)51-31-36-20-12-7-13-21-36)43(49)46-40(28-34-18-10-6-11-19-34)32-52-44(50)38(15-4-2)26-33-16-8-5-9-17-33/h3-5,7-9,12-13,16-17,20-25,34,37-40,47H,1-2,6,10-11,14-15,18-19,26-32H2,(H,45,48)(H,46,49)/t37-,38-,39+,40+/m1/s1. The summed E-state index contributed by atoms with van der Waals surface area (Å²) in [6, 6.07) is 26.5. The summed E-state index contributed by atoms with van der Waals surface area (Å²) in [4.78, 5) is 40.2. The number of aliphatic hydroxyl groups is 1. The Morgan fingerprint density at radius 2 is 1.37 bits per heavy atom. The van der Waals surface area contributed by atoms with Crippen LogP contribution < -0.4 is 15.4 Å². The van der Waals surface area contributed by atoms with Crippen LogP contribution in [0.15, 0.2) is 110 Å². The molecule has 8 nitrogen and oxygen atoms in total. The minimum atomic E-state index is -0.658. The van der Waals surface area contributed by atoms with E-state index in [1.54, 1.807) is 12.2 Å². The second-order valence-corrected chi connectivity index (χ2v) is 14.0. The van der Waals surface area contributed by atoms with Crippen LogP contribution >= 0.6 is 0 Å². The lowest BCUT2D eigenvalue weighted by Gasteiger charge is -2.28. The average molecular weight is 709 g/mol. The Hall–Kier alpha value is -4.69. The van der Waals surface area contributed by atoms with E-state index in [0.29, 0.717) is 44.6 Å². The quantitative estimate of drug-likeness (QED) is 0.0746. The van der Waals surface area contributed by atoms with Gasteiger partial charge in [-0.1, -0.05) is 117 Å². The number of benzene rings is 3. The van der Waals surface area contributed by atoms with E-state index in [2.05, 4.69) is 23.8 Å². The van der Waals surface area contributed by atoms with Gasteiger partial charge in [-0.05, 0) is 66.8 Å². The molecule has 0 unspecified atom stereocenters. The van der Waals surface area contributed by atoms with Gasteiger partial charge in [0.05, 0.1) is 30.5 Å². The Bertz CT molecular complexity index is 1520. The molecule has 0 bridgehead atoms. The molecule has 3 aromatic rings. The molecule has 1 saturated carbocycles. The van der Waals surface area contributed by atoms with Crippen molar-refractivity contribution in [1.82, 2.24) is 10.6 Å². The normalized spacial score (nSPS) is 15.3. The highest BCUT2D eigenvalue weighted by Gasteiger charge is 2.28. The molecule has 1 aliphatic rings. The summed E-state index contributed by atoms with van der Waals surface area (Å²) in [5.41, 5.74) is 3.06. The Morgan fingerprint density at radius 1 is 0.750 bits per heavy atom. The Labute approximate surface area is 309 Å². The van der Waals surface area contributed by atoms with E-state index >= 15 is 0 Å². The van der Waals surface area contributed by atoms with Gasteiger partial charge in [0.2, 0.25) is 11.8 Å². The highest BCUT2D eigenvalue weighted by atomic mass is 16.5. The molecule has 278 valence electrons. The van der Waals surface area contributed by atoms with Crippen LogP contribution in [0.25, 0.3) is 0 Å². The van der Waals surface area contributed by atoms with E-state index in [9.17, 15) is 19.5 Å². The Balaban J connectivity index is 1.32. The van der Waals surface area contributed by atoms with Crippen molar-refractivity contribution < 1.29 is 29.0 Å². The monoisotopic (exact) mass is 708 g/mol. The molecule has 3 N–H and O–H groups in total. The zero-order valence-corrected chi connectivity index (χ0v) is 30.4. The summed E-state index contributed by atoms with van der Waals surface area (Å²) in [5.74, 6) is -0.767. The fourth-order valence-electron chi connectivity index (χ4n) is 6.88. The topological polar surface area (TPSA) is 114 Å². The number of amides is 2. The molecule has 1 aliphatic carbocycles. The van der Waals surface area contributed by atoms with Crippen molar-refractivity contribution in [3.63, 3.8) is 0 Å². The maximum atomic E-state index is 13.7. The van der Waals surface area contributed by atoms with E-state index in [0.717, 1.165) is 48.1 Å². The van der Waals surface area contributed by atoms with Crippen molar-refractivity contribution in [1.29, 1.82) is 0 Å². The van der Waals surface area contributed by atoms with Crippen molar-refractivity contribution in [2.45, 2.75) is 89.3 Å². The van der Waals surface area contributed by atoms with Crippen molar-refractivity contribution in [2.24, 2.45) is 17.8 Å². The molecule has 4 atom stereocenters. The zero-order chi connectivity index (χ0) is 37.0. The molecular formula is C44H56N2O6. The first-order valence-corrected chi connectivity index (χ1v) is 18.7. The van der Waals surface area contributed by atoms with Gasteiger partial charge in [0.25, 0.3) is 0 Å². The highest BCUT2D eigenvalue weighted by Crippen LogP contribution is 2.28. The van der Waals surface area contributed by atoms with E-state index in [1.807, 2.05) is 84.9 Å². The minimum absolute atomic E-state index is 0.0605. The van der Waals surface area contributed by atoms with Crippen molar-refractivity contribution in [2.75, 3.05) is 13.2 Å². The molecule has 3 aromatic carbocycles. The average Bonchev–Trinajstić information content (AvgIpc) is 3.17. The van der Waals surface area contributed by atoms with Gasteiger partial charge in [-0.2, -0.15) is 0 Å². The first-order valence-electron chi connectivity index (χ1n) is 18.7. The first-order chi connectivity index (χ1) is 25.4. The number of allylic oxidation sites excluding steroid dienone is 2. The predicted octanol–water partition coefficient (Wildman–Crippen LogP) is 7.30. The van der Waals surface area contributed by atoms with Crippen LogP contribution in [0.3, 0.4) is 0 Å². The van der Waals surface area contributed by atoms with Crippen molar-refractivity contribution in [3.05, 3.63) is 127 Å². The number of hydrogen-bond acceptors (Lipinski definition) is 6. The number of hydrogen-bond donors (Lipinski definition) is 3. The van der Waals surface area contributed by atoms with E-state index < -0.39 is 12.0 Å². The van der Waals surface area contributed by atoms with Crippen LogP contribution in [0.5, 0.6) is 5.75 Å². The van der Waals surface area contributed by atoms with E-state index in [-0.39, 0.29) is 49.4 Å². The number of nitrogens with one attached hydrogen (secondary N) is 2. The molecule has 0 spiro atoms. The van der Waals surface area contributed by atoms with Crippen LogP contribution in [-0.4, -0.2) is 48.2 Å². The molecular weight excluding hydrogens is 652 g/mol. The molecule has 0 radical (unpaired) electrons. The van der Waals surface area contributed by atoms with Crippen LogP contribution in [0, 0.1) is 17.8 Å². The van der Waals surface area contributed by atoms with Gasteiger partial charge in [-0.3, -0.25) is 14.4 Å². The number of carbonyl (C=O) groups excluding carboxylic acids is 3. The van der Waals surface area contributed by atoms with Crippen LogP contribution in [0.4, 0.5) is 0 Å². The minimum Gasteiger partial charge on any atom is -0.489 e. The summed E-state index contributed by atoms with van der Waals surface area (Å²) < 4.78 is 11.8. The van der Waals surface area contributed by atoms with E-state index in [1.165, 1.54) is 6.42 Å². The maximum Gasteiger partial charge on any atom is 0.309 e. The Morgan fingerprint density at radius 3 is 2.00 bits per heavy atom. The molecule has 4 rings (SSSR count). The lowest BCUT2D eigenvalue weighted by molar-refractivity contribution is -0.150. The molecule has 8 heteroatoms. The van der Waals surface area contributed by atoms with Crippen molar-refractivity contribution >= 4 is 17.8 Å². The second-order valence-electron chi connectivity index (χ2n) is 14.0. The molecule has 0 heterocycles. The van der Waals surface area contributed by atoms with Crippen LogP contribution in [0.2, 0.25) is 0 Å². The molecule has 0 saturated heterocycles. The van der Waals surface area contributed by atoms with Gasteiger partial charge in [0.15, 0.2) is 0 Å². The predicted molar refractivity (Wildman–Crippen MR) is 205 cm³/mol. The van der Waals surface area contributed by atoms with Gasteiger partial charge >= 0.3 is 5.97 Å². The maximum absolute atomic E-state index is 13.7. The van der Waals surface area contributed by atoms with Gasteiger partial charge in [0.1, 0.15) is 19.0 Å². The van der Waals surface area contributed by atoms with Gasteiger partial charge in [0, 0.05) is 6.42 Å². The third-order valence-corrected chi connectivity index (χ3v) is 9.72. The molecule has 1 fully saturated rings. The second kappa shape index (κ2) is 22.3. The number of rotatable bonds is 22. The fourth-order valence-corrected chi connectivity index (χ4v) is 6.88. The van der Waals surface area contributed by atoms with Gasteiger partial charge in [-0.25, -0.2) is 0 Å². The SMILES string of the molecule is C=CC[C@H](CC(=O)N[C@H](CO)Cc1ccc(OCc2ccccc2)cc1)C(=O)N[C@H](COC(=O)[C@H](CC=C)Cc1ccccc1)CC1CCCCC1.